The number of hydrogen-bond donors (Lipinski definition) is 1. The van der Waals surface area contributed by atoms with Crippen molar-refractivity contribution in [1.82, 2.24) is 4.90 Å². The molecular formula is C15H24IN3O2S. The molecule has 0 spiro atoms. The molecule has 0 aliphatic carbocycles. The van der Waals surface area contributed by atoms with Crippen LogP contribution in [0.1, 0.15) is 30.4 Å². The first-order valence-electron chi connectivity index (χ1n) is 7.22. The number of piperidine rings is 1. The number of guanidine groups is 1. The lowest BCUT2D eigenvalue weighted by atomic mass is 10.1. The standard InChI is InChI=1S/C15H23N3O2S.HI/c1-12-10-13(6-7-14(12)21(2,19)20)11-17-15(16)18-8-4-3-5-9-18;/h6-7,10H,3-5,8-9,11H2,1-2H3,(H2,16,17);1H. The zero-order valence-electron chi connectivity index (χ0n) is 13.1. The van der Waals surface area contributed by atoms with Crippen LogP contribution in [0.25, 0.3) is 0 Å². The molecule has 0 unspecified atom stereocenters. The zero-order chi connectivity index (χ0) is 15.5. The summed E-state index contributed by atoms with van der Waals surface area (Å²) in [6.45, 7) is 4.23. The van der Waals surface area contributed by atoms with Crippen LogP contribution >= 0.6 is 24.0 Å². The predicted octanol–water partition coefficient (Wildman–Crippen LogP) is 2.32. The van der Waals surface area contributed by atoms with Crippen LogP contribution in [-0.2, 0) is 16.4 Å². The fourth-order valence-corrected chi connectivity index (χ4v) is 3.58. The Bertz CT molecular complexity index is 638. The van der Waals surface area contributed by atoms with E-state index in [2.05, 4.69) is 9.89 Å². The van der Waals surface area contributed by atoms with Crippen molar-refractivity contribution in [2.24, 2.45) is 10.7 Å². The Morgan fingerprint density at radius 3 is 2.45 bits per heavy atom. The summed E-state index contributed by atoms with van der Waals surface area (Å²) in [5, 5.41) is 0. The number of aryl methyl sites for hydroxylation is 1. The first-order chi connectivity index (χ1) is 9.88. The van der Waals surface area contributed by atoms with Crippen LogP contribution < -0.4 is 5.73 Å². The Morgan fingerprint density at radius 1 is 1.27 bits per heavy atom. The molecule has 1 aliphatic heterocycles. The molecule has 0 bridgehead atoms. The van der Waals surface area contributed by atoms with Gasteiger partial charge < -0.3 is 10.6 Å². The molecule has 2 N–H and O–H groups in total. The normalized spacial score (nSPS) is 16.3. The lowest BCUT2D eigenvalue weighted by Gasteiger charge is -2.27. The van der Waals surface area contributed by atoms with Gasteiger partial charge in [0.2, 0.25) is 0 Å². The van der Waals surface area contributed by atoms with Crippen molar-refractivity contribution in [3.8, 4) is 0 Å². The van der Waals surface area contributed by atoms with Gasteiger partial charge in [0.15, 0.2) is 15.8 Å². The molecule has 1 saturated heterocycles. The highest BCUT2D eigenvalue weighted by Gasteiger charge is 2.13. The van der Waals surface area contributed by atoms with Crippen molar-refractivity contribution < 1.29 is 8.42 Å². The average molecular weight is 437 g/mol. The molecule has 1 aromatic carbocycles. The Labute approximate surface area is 149 Å². The number of aliphatic imine (C=N–C) groups is 1. The van der Waals surface area contributed by atoms with Crippen LogP contribution in [0.15, 0.2) is 28.1 Å². The van der Waals surface area contributed by atoms with Crippen LogP contribution in [0.4, 0.5) is 0 Å². The van der Waals surface area contributed by atoms with Gasteiger partial charge in [0, 0.05) is 19.3 Å². The van der Waals surface area contributed by atoms with E-state index in [1.54, 1.807) is 19.1 Å². The third kappa shape index (κ3) is 5.12. The third-order valence-electron chi connectivity index (χ3n) is 3.74. The summed E-state index contributed by atoms with van der Waals surface area (Å²) in [5.74, 6) is 0.583. The maximum atomic E-state index is 11.6. The smallest absolute Gasteiger partial charge is 0.191 e. The van der Waals surface area contributed by atoms with Crippen LogP contribution in [0.2, 0.25) is 0 Å². The molecule has 0 amide bonds. The van der Waals surface area contributed by atoms with Crippen molar-refractivity contribution in [2.45, 2.75) is 37.6 Å². The molecule has 1 fully saturated rings. The van der Waals surface area contributed by atoms with Gasteiger partial charge in [0.05, 0.1) is 11.4 Å². The number of rotatable bonds is 3. The molecule has 1 aliphatic rings. The number of likely N-dealkylation sites (tertiary alicyclic amines) is 1. The first kappa shape index (κ1) is 19.2. The van der Waals surface area contributed by atoms with Gasteiger partial charge in [-0.15, -0.1) is 24.0 Å². The van der Waals surface area contributed by atoms with E-state index in [9.17, 15) is 8.42 Å². The summed E-state index contributed by atoms with van der Waals surface area (Å²) in [5.41, 5.74) is 7.74. The zero-order valence-corrected chi connectivity index (χ0v) is 16.2. The Balaban J connectivity index is 0.00000242. The number of nitrogens with zero attached hydrogens (tertiary/aromatic N) is 2. The van der Waals surface area contributed by atoms with Gasteiger partial charge >= 0.3 is 0 Å². The molecule has 2 rings (SSSR count). The maximum absolute atomic E-state index is 11.6. The molecule has 22 heavy (non-hydrogen) atoms. The van der Waals surface area contributed by atoms with E-state index in [-0.39, 0.29) is 24.0 Å². The molecule has 124 valence electrons. The van der Waals surface area contributed by atoms with E-state index in [4.69, 9.17) is 5.73 Å². The fraction of sp³-hybridized carbons (Fsp3) is 0.533. The maximum Gasteiger partial charge on any atom is 0.191 e. The predicted molar refractivity (Wildman–Crippen MR) is 100 cm³/mol. The van der Waals surface area contributed by atoms with Crippen molar-refractivity contribution in [1.29, 1.82) is 0 Å². The van der Waals surface area contributed by atoms with E-state index in [0.717, 1.165) is 24.2 Å². The molecule has 0 aromatic heterocycles. The topological polar surface area (TPSA) is 75.8 Å². The van der Waals surface area contributed by atoms with Crippen molar-refractivity contribution in [3.63, 3.8) is 0 Å². The van der Waals surface area contributed by atoms with Crippen LogP contribution in [0.5, 0.6) is 0 Å². The lowest BCUT2D eigenvalue weighted by Crippen LogP contribution is -2.40. The summed E-state index contributed by atoms with van der Waals surface area (Å²) in [6.07, 6.45) is 4.81. The second kappa shape index (κ2) is 8.14. The largest absolute Gasteiger partial charge is 0.370 e. The number of halogens is 1. The second-order valence-electron chi connectivity index (χ2n) is 5.59. The summed E-state index contributed by atoms with van der Waals surface area (Å²) in [6, 6.07) is 5.31. The Kier molecular flexibility index (Phi) is 7.11. The highest BCUT2D eigenvalue weighted by molar-refractivity contribution is 14.0. The van der Waals surface area contributed by atoms with Gasteiger partial charge in [-0.2, -0.15) is 0 Å². The van der Waals surface area contributed by atoms with Crippen molar-refractivity contribution >= 4 is 39.8 Å². The van der Waals surface area contributed by atoms with E-state index in [1.807, 2.05) is 6.07 Å². The quantitative estimate of drug-likeness (QED) is 0.448. The number of benzene rings is 1. The Hall–Kier alpha value is -0.830. The summed E-state index contributed by atoms with van der Waals surface area (Å²) < 4.78 is 23.2. The number of hydrogen-bond acceptors (Lipinski definition) is 3. The van der Waals surface area contributed by atoms with Gasteiger partial charge in [-0.1, -0.05) is 12.1 Å². The van der Waals surface area contributed by atoms with Crippen LogP contribution in [-0.4, -0.2) is 38.6 Å². The summed E-state index contributed by atoms with van der Waals surface area (Å²) in [4.78, 5) is 6.91. The van der Waals surface area contributed by atoms with E-state index in [0.29, 0.717) is 17.4 Å². The Morgan fingerprint density at radius 2 is 1.91 bits per heavy atom. The van der Waals surface area contributed by atoms with Gasteiger partial charge in [-0.25, -0.2) is 13.4 Å². The van der Waals surface area contributed by atoms with Crippen LogP contribution in [0.3, 0.4) is 0 Å². The molecule has 0 saturated carbocycles. The van der Waals surface area contributed by atoms with Crippen molar-refractivity contribution in [2.75, 3.05) is 19.3 Å². The van der Waals surface area contributed by atoms with Crippen LogP contribution in [0, 0.1) is 6.92 Å². The van der Waals surface area contributed by atoms with Crippen molar-refractivity contribution in [3.05, 3.63) is 29.3 Å². The molecular weight excluding hydrogens is 413 g/mol. The van der Waals surface area contributed by atoms with E-state index in [1.165, 1.54) is 25.5 Å². The highest BCUT2D eigenvalue weighted by Crippen LogP contribution is 2.17. The summed E-state index contributed by atoms with van der Waals surface area (Å²) >= 11 is 0. The number of sulfone groups is 1. The first-order valence-corrected chi connectivity index (χ1v) is 9.11. The van der Waals surface area contributed by atoms with Gasteiger partial charge in [-0.3, -0.25) is 0 Å². The minimum absolute atomic E-state index is 0. The molecule has 5 nitrogen and oxygen atoms in total. The number of nitrogens with two attached hydrogens (primary N) is 1. The second-order valence-corrected chi connectivity index (χ2v) is 7.58. The minimum Gasteiger partial charge on any atom is -0.370 e. The van der Waals surface area contributed by atoms with E-state index >= 15 is 0 Å². The third-order valence-corrected chi connectivity index (χ3v) is 5.00. The van der Waals surface area contributed by atoms with Gasteiger partial charge in [0.1, 0.15) is 0 Å². The SMILES string of the molecule is Cc1cc(CN=C(N)N2CCCCC2)ccc1S(C)(=O)=O.I. The van der Waals surface area contributed by atoms with Gasteiger partial charge in [0.25, 0.3) is 0 Å². The lowest BCUT2D eigenvalue weighted by molar-refractivity contribution is 0.338. The van der Waals surface area contributed by atoms with Gasteiger partial charge in [-0.05, 0) is 43.4 Å². The average Bonchev–Trinajstić information content (AvgIpc) is 2.44. The molecule has 1 aromatic rings. The fourth-order valence-electron chi connectivity index (χ4n) is 2.62. The monoisotopic (exact) mass is 437 g/mol. The molecule has 1 heterocycles. The molecule has 0 atom stereocenters. The highest BCUT2D eigenvalue weighted by atomic mass is 127. The molecule has 7 heteroatoms. The molecule has 0 radical (unpaired) electrons. The van der Waals surface area contributed by atoms with E-state index < -0.39 is 9.84 Å². The summed E-state index contributed by atoms with van der Waals surface area (Å²) in [7, 11) is -3.17. The minimum atomic E-state index is -3.17.